The van der Waals surface area contributed by atoms with Crippen LogP contribution in [-0.2, 0) is 10.0 Å². The topological polar surface area (TPSA) is 80.5 Å². The van der Waals surface area contributed by atoms with E-state index in [4.69, 9.17) is 0 Å². The van der Waals surface area contributed by atoms with E-state index in [1.54, 1.807) is 40.3 Å². The number of aryl methyl sites for hydroxylation is 2. The molecule has 34 heavy (non-hydrogen) atoms. The summed E-state index contributed by atoms with van der Waals surface area (Å²) in [6.07, 6.45) is 0.954. The molecule has 176 valence electrons. The van der Waals surface area contributed by atoms with Crippen molar-refractivity contribution in [1.29, 1.82) is 0 Å². The van der Waals surface area contributed by atoms with E-state index >= 15 is 0 Å². The molecule has 0 aliphatic carbocycles. The molecule has 2 aliphatic rings. The fourth-order valence-corrected chi connectivity index (χ4v) is 8.23. The Bertz CT molecular complexity index is 1360. The van der Waals surface area contributed by atoms with Crippen molar-refractivity contribution in [3.05, 3.63) is 99.1 Å². The van der Waals surface area contributed by atoms with Crippen LogP contribution in [0.2, 0.25) is 0 Å². The smallest absolute Gasteiger partial charge is 0.266 e. The summed E-state index contributed by atoms with van der Waals surface area (Å²) in [6, 6.07) is 19.8. The van der Waals surface area contributed by atoms with Crippen LogP contribution in [-0.4, -0.2) is 25.6 Å². The zero-order valence-electron chi connectivity index (χ0n) is 19.0. The fourth-order valence-electron chi connectivity index (χ4n) is 5.19. The Kier molecular flexibility index (Phi) is 5.90. The van der Waals surface area contributed by atoms with Crippen molar-refractivity contribution in [1.82, 2.24) is 0 Å². The van der Waals surface area contributed by atoms with Crippen LogP contribution in [0.1, 0.15) is 39.8 Å². The first-order chi connectivity index (χ1) is 16.3. The largest absolute Gasteiger partial charge is 0.269 e. The van der Waals surface area contributed by atoms with Crippen LogP contribution in [0.3, 0.4) is 0 Å². The molecule has 0 radical (unpaired) electrons. The maximum Gasteiger partial charge on any atom is 0.269 e. The third-order valence-electron chi connectivity index (χ3n) is 6.88. The van der Waals surface area contributed by atoms with Gasteiger partial charge in [0.1, 0.15) is 0 Å². The molecule has 0 bridgehead atoms. The molecule has 2 heterocycles. The van der Waals surface area contributed by atoms with Gasteiger partial charge >= 0.3 is 0 Å². The summed E-state index contributed by atoms with van der Waals surface area (Å²) in [4.78, 5) is 11.3. The monoisotopic (exact) mass is 494 g/mol. The van der Waals surface area contributed by atoms with E-state index < -0.39 is 10.0 Å². The number of rotatable bonds is 4. The normalized spacial score (nSPS) is 22.1. The maximum atomic E-state index is 13.8. The minimum Gasteiger partial charge on any atom is -0.266 e. The summed E-state index contributed by atoms with van der Waals surface area (Å²) in [5, 5.41) is 11.4. The molecule has 1 fully saturated rings. The number of nitrogens with zero attached hydrogens (tertiary/aromatic N) is 2. The number of benzene rings is 3. The lowest BCUT2D eigenvalue weighted by Crippen LogP contribution is -2.44. The second kappa shape index (κ2) is 8.74. The highest BCUT2D eigenvalue weighted by atomic mass is 32.2. The van der Waals surface area contributed by atoms with Crippen LogP contribution in [0, 0.1) is 29.9 Å². The standard InChI is InChI=1S/C26H26N2O4S2/c1-17-6-9-21(10-7-17)34(31,32)27-16-24-22(23-14-18(2)8-11-25(23)27)12-13-33-26(24)19-4-3-5-20(15-19)28(29)30/h3-11,14-15,22,24,26H,12-13,16H2,1-2H3/t22-,24-,26+/m0/s1. The molecular weight excluding hydrogens is 468 g/mol. The highest BCUT2D eigenvalue weighted by molar-refractivity contribution is 7.99. The predicted molar refractivity (Wildman–Crippen MR) is 136 cm³/mol. The summed E-state index contributed by atoms with van der Waals surface area (Å²) in [5.74, 6) is 1.13. The number of hydrogen-bond donors (Lipinski definition) is 0. The second-order valence-electron chi connectivity index (χ2n) is 9.11. The lowest BCUT2D eigenvalue weighted by Gasteiger charge is -2.46. The number of hydrogen-bond acceptors (Lipinski definition) is 5. The zero-order chi connectivity index (χ0) is 24.0. The van der Waals surface area contributed by atoms with E-state index in [9.17, 15) is 18.5 Å². The second-order valence-corrected chi connectivity index (χ2v) is 12.2. The molecule has 3 atom stereocenters. The van der Waals surface area contributed by atoms with Crippen molar-refractivity contribution < 1.29 is 13.3 Å². The maximum absolute atomic E-state index is 13.8. The number of nitro benzene ring substituents is 1. The van der Waals surface area contributed by atoms with Gasteiger partial charge < -0.3 is 0 Å². The number of anilines is 1. The number of sulfonamides is 1. The van der Waals surface area contributed by atoms with E-state index in [1.165, 1.54) is 6.07 Å². The zero-order valence-corrected chi connectivity index (χ0v) is 20.7. The van der Waals surface area contributed by atoms with E-state index in [0.717, 1.165) is 40.1 Å². The summed E-state index contributed by atoms with van der Waals surface area (Å²) >= 11 is 1.77. The third kappa shape index (κ3) is 3.99. The van der Waals surface area contributed by atoms with Gasteiger partial charge in [-0.15, -0.1) is 0 Å². The van der Waals surface area contributed by atoms with Crippen molar-refractivity contribution in [3.63, 3.8) is 0 Å². The van der Waals surface area contributed by atoms with Gasteiger partial charge in [0.15, 0.2) is 0 Å². The predicted octanol–water partition coefficient (Wildman–Crippen LogP) is 6.00. The molecule has 3 aromatic carbocycles. The van der Waals surface area contributed by atoms with Gasteiger partial charge in [-0.2, -0.15) is 11.8 Å². The van der Waals surface area contributed by atoms with E-state index in [2.05, 4.69) is 6.07 Å². The van der Waals surface area contributed by atoms with Gasteiger partial charge in [0.2, 0.25) is 0 Å². The summed E-state index contributed by atoms with van der Waals surface area (Å²) in [5.41, 5.74) is 4.86. The van der Waals surface area contributed by atoms with Crippen LogP contribution >= 0.6 is 11.8 Å². The van der Waals surface area contributed by atoms with E-state index in [-0.39, 0.29) is 32.6 Å². The molecule has 1 saturated heterocycles. The first kappa shape index (κ1) is 22.9. The van der Waals surface area contributed by atoms with Gasteiger partial charge in [-0.3, -0.25) is 14.4 Å². The number of non-ortho nitro benzene ring substituents is 1. The lowest BCUT2D eigenvalue weighted by atomic mass is 9.76. The third-order valence-corrected chi connectivity index (χ3v) is 10.1. The van der Waals surface area contributed by atoms with Gasteiger partial charge in [0.25, 0.3) is 15.7 Å². The molecular formula is C26H26N2O4S2. The van der Waals surface area contributed by atoms with Crippen molar-refractivity contribution in [3.8, 4) is 0 Å². The van der Waals surface area contributed by atoms with Crippen LogP contribution in [0.15, 0.2) is 71.6 Å². The first-order valence-electron chi connectivity index (χ1n) is 11.3. The quantitative estimate of drug-likeness (QED) is 0.328. The Hall–Kier alpha value is -2.84. The molecule has 8 heteroatoms. The Morgan fingerprint density at radius 3 is 2.47 bits per heavy atom. The molecule has 0 saturated carbocycles. The average molecular weight is 495 g/mol. The molecule has 0 spiro atoms. The van der Waals surface area contributed by atoms with Crippen molar-refractivity contribution in [2.24, 2.45) is 5.92 Å². The summed E-state index contributed by atoms with van der Waals surface area (Å²) in [7, 11) is -3.77. The van der Waals surface area contributed by atoms with Crippen LogP contribution in [0.25, 0.3) is 0 Å². The molecule has 0 N–H and O–H groups in total. The number of nitro groups is 1. The van der Waals surface area contributed by atoms with Gasteiger partial charge in [-0.05, 0) is 61.3 Å². The molecule has 3 aromatic rings. The Balaban J connectivity index is 1.62. The van der Waals surface area contributed by atoms with Crippen molar-refractivity contribution >= 4 is 33.2 Å². The fraction of sp³-hybridized carbons (Fsp3) is 0.308. The number of fused-ring (bicyclic) bond motifs is 3. The van der Waals surface area contributed by atoms with E-state index in [1.807, 2.05) is 44.2 Å². The van der Waals surface area contributed by atoms with Gasteiger partial charge in [-0.1, -0.05) is 47.5 Å². The lowest BCUT2D eigenvalue weighted by molar-refractivity contribution is -0.384. The summed E-state index contributed by atoms with van der Waals surface area (Å²) < 4.78 is 29.2. The highest BCUT2D eigenvalue weighted by Crippen LogP contribution is 2.55. The minimum atomic E-state index is -3.77. The van der Waals surface area contributed by atoms with Gasteiger partial charge in [-0.25, -0.2) is 8.42 Å². The first-order valence-corrected chi connectivity index (χ1v) is 13.8. The highest BCUT2D eigenvalue weighted by Gasteiger charge is 2.44. The van der Waals surface area contributed by atoms with E-state index in [0.29, 0.717) is 6.54 Å². The molecule has 5 rings (SSSR count). The summed E-state index contributed by atoms with van der Waals surface area (Å²) in [6.45, 7) is 4.30. The van der Waals surface area contributed by atoms with Gasteiger partial charge in [0, 0.05) is 29.8 Å². The Labute approximate surface area is 204 Å². The SMILES string of the molecule is Cc1ccc(S(=O)(=O)N2C[C@@H]3[C@@H](c4cccc([N+](=O)[O-])c4)SCC[C@H]3c3cc(C)ccc32)cc1. The van der Waals surface area contributed by atoms with Crippen molar-refractivity contribution in [2.75, 3.05) is 16.6 Å². The van der Waals surface area contributed by atoms with Crippen LogP contribution < -0.4 is 4.31 Å². The van der Waals surface area contributed by atoms with Crippen LogP contribution in [0.4, 0.5) is 11.4 Å². The molecule has 0 unspecified atom stereocenters. The Morgan fingerprint density at radius 1 is 1.00 bits per heavy atom. The number of thioether (sulfide) groups is 1. The molecule has 0 amide bonds. The Morgan fingerprint density at radius 2 is 1.74 bits per heavy atom. The molecule has 6 nitrogen and oxygen atoms in total. The molecule has 0 aromatic heterocycles. The minimum absolute atomic E-state index is 0.00952. The van der Waals surface area contributed by atoms with Gasteiger partial charge in [0.05, 0.1) is 15.5 Å². The van der Waals surface area contributed by atoms with Crippen molar-refractivity contribution in [2.45, 2.75) is 36.3 Å². The van der Waals surface area contributed by atoms with Crippen LogP contribution in [0.5, 0.6) is 0 Å². The average Bonchev–Trinajstić information content (AvgIpc) is 2.83. The molecule has 2 aliphatic heterocycles.